The smallest absolute Gasteiger partial charge is 0.199 e. The van der Waals surface area contributed by atoms with Gasteiger partial charge in [0.25, 0.3) is 0 Å². The first-order valence-corrected chi connectivity index (χ1v) is 7.42. The lowest BCUT2D eigenvalue weighted by molar-refractivity contribution is 0.103. The van der Waals surface area contributed by atoms with Gasteiger partial charge in [-0.3, -0.25) is 4.79 Å². The van der Waals surface area contributed by atoms with Crippen LogP contribution in [-0.2, 0) is 0 Å². The molecule has 0 unspecified atom stereocenters. The van der Waals surface area contributed by atoms with Gasteiger partial charge < -0.3 is 0 Å². The Balaban J connectivity index is 2.64. The lowest BCUT2D eigenvalue weighted by Gasteiger charge is -2.10. The average Bonchev–Trinajstić information content (AvgIpc) is 2.25. The zero-order valence-corrected chi connectivity index (χ0v) is 14.0. The second-order valence-corrected chi connectivity index (χ2v) is 6.32. The molecule has 0 aliphatic heterocycles. The van der Waals surface area contributed by atoms with E-state index in [0.717, 1.165) is 0 Å². The lowest BCUT2D eigenvalue weighted by Crippen LogP contribution is -2.05. The zero-order valence-electron chi connectivity index (χ0n) is 9.49. The monoisotopic (exact) mass is 386 g/mol. The minimum atomic E-state index is -0.497. The Labute approximate surface area is 145 Å². The Morgan fingerprint density at radius 1 is 0.600 bits per heavy atom. The first-order chi connectivity index (χ1) is 9.31. The molecular weight excluding hydrogens is 385 g/mol. The van der Waals surface area contributed by atoms with Gasteiger partial charge >= 0.3 is 0 Å². The summed E-state index contributed by atoms with van der Waals surface area (Å²) in [5.74, 6) is -0.497. The molecule has 0 amide bonds. The van der Waals surface area contributed by atoms with Crippen molar-refractivity contribution in [3.8, 4) is 0 Å². The van der Waals surface area contributed by atoms with Crippen LogP contribution in [0.2, 0.25) is 30.1 Å². The van der Waals surface area contributed by atoms with E-state index in [4.69, 9.17) is 69.6 Å². The van der Waals surface area contributed by atoms with E-state index in [2.05, 4.69) is 0 Å². The Morgan fingerprint density at radius 3 is 1.10 bits per heavy atom. The highest BCUT2D eigenvalue weighted by atomic mass is 35.5. The molecular formula is C13H4Cl6O. The van der Waals surface area contributed by atoms with E-state index >= 15 is 0 Å². The van der Waals surface area contributed by atoms with E-state index in [1.54, 1.807) is 0 Å². The molecule has 0 spiro atoms. The van der Waals surface area contributed by atoms with Crippen LogP contribution in [-0.4, -0.2) is 5.78 Å². The van der Waals surface area contributed by atoms with E-state index in [-0.39, 0.29) is 31.2 Å². The fourth-order valence-electron chi connectivity index (χ4n) is 1.64. The van der Waals surface area contributed by atoms with Gasteiger partial charge in [-0.2, -0.15) is 0 Å². The van der Waals surface area contributed by atoms with Crippen LogP contribution in [0.15, 0.2) is 24.3 Å². The van der Waals surface area contributed by atoms with Gasteiger partial charge in [-0.25, -0.2) is 0 Å². The Hall–Kier alpha value is -0.150. The third-order valence-corrected chi connectivity index (χ3v) is 4.10. The maximum Gasteiger partial charge on any atom is 0.199 e. The van der Waals surface area contributed by atoms with Crippen LogP contribution in [0.3, 0.4) is 0 Å². The Kier molecular flexibility index (Phi) is 5.12. The van der Waals surface area contributed by atoms with Gasteiger partial charge in [0.1, 0.15) is 0 Å². The summed E-state index contributed by atoms with van der Waals surface area (Å²) in [5.41, 5.74) is 0.174. The quantitative estimate of drug-likeness (QED) is 0.515. The zero-order chi connectivity index (χ0) is 15.0. The van der Waals surface area contributed by atoms with Crippen molar-refractivity contribution in [3.05, 3.63) is 65.5 Å². The van der Waals surface area contributed by atoms with E-state index < -0.39 is 5.78 Å². The average molecular weight is 389 g/mol. The van der Waals surface area contributed by atoms with Crippen molar-refractivity contribution >= 4 is 75.4 Å². The molecule has 20 heavy (non-hydrogen) atoms. The second kappa shape index (κ2) is 6.31. The molecule has 0 aliphatic carbocycles. The summed E-state index contributed by atoms with van der Waals surface area (Å²) >= 11 is 35.7. The van der Waals surface area contributed by atoms with Crippen LogP contribution in [0, 0.1) is 0 Å². The molecule has 2 aromatic rings. The van der Waals surface area contributed by atoms with Gasteiger partial charge in [0, 0.05) is 10.0 Å². The number of carbonyl (C=O) groups is 1. The largest absolute Gasteiger partial charge is 0.288 e. The highest BCUT2D eigenvalue weighted by Crippen LogP contribution is 2.36. The molecule has 0 bridgehead atoms. The van der Waals surface area contributed by atoms with E-state index in [0.29, 0.717) is 10.0 Å². The van der Waals surface area contributed by atoms with Crippen molar-refractivity contribution in [3.63, 3.8) is 0 Å². The first-order valence-electron chi connectivity index (χ1n) is 5.15. The maximum atomic E-state index is 12.5. The molecule has 0 radical (unpaired) electrons. The fourth-order valence-corrected chi connectivity index (χ4v) is 3.62. The number of ketones is 1. The molecule has 104 valence electrons. The highest BCUT2D eigenvalue weighted by molar-refractivity contribution is 6.47. The maximum absolute atomic E-state index is 12.5. The third kappa shape index (κ3) is 3.19. The van der Waals surface area contributed by atoms with Crippen molar-refractivity contribution in [2.45, 2.75) is 0 Å². The molecule has 2 rings (SSSR count). The summed E-state index contributed by atoms with van der Waals surface area (Å²) in [6, 6.07) is 5.67. The van der Waals surface area contributed by atoms with Gasteiger partial charge in [0.2, 0.25) is 0 Å². The van der Waals surface area contributed by atoms with Gasteiger partial charge in [0.05, 0.1) is 31.2 Å². The summed E-state index contributed by atoms with van der Waals surface area (Å²) in [6.07, 6.45) is 0. The highest BCUT2D eigenvalue weighted by Gasteiger charge is 2.22. The molecule has 1 nitrogen and oxygen atoms in total. The van der Waals surface area contributed by atoms with Crippen molar-refractivity contribution in [2.24, 2.45) is 0 Å². The second-order valence-electron chi connectivity index (χ2n) is 3.82. The van der Waals surface area contributed by atoms with Crippen molar-refractivity contribution in [1.82, 2.24) is 0 Å². The number of benzene rings is 2. The summed E-state index contributed by atoms with van der Waals surface area (Å²) in [5, 5.41) is 1.13. The predicted octanol–water partition coefficient (Wildman–Crippen LogP) is 6.84. The summed E-state index contributed by atoms with van der Waals surface area (Å²) in [4.78, 5) is 12.5. The van der Waals surface area contributed by atoms with E-state index in [1.807, 2.05) is 0 Å². The minimum absolute atomic E-state index is 0.0869. The fraction of sp³-hybridized carbons (Fsp3) is 0. The van der Waals surface area contributed by atoms with Crippen LogP contribution in [0.4, 0.5) is 0 Å². The van der Waals surface area contributed by atoms with Crippen molar-refractivity contribution < 1.29 is 4.79 Å². The molecule has 0 fully saturated rings. The number of rotatable bonds is 2. The minimum Gasteiger partial charge on any atom is -0.288 e. The summed E-state index contributed by atoms with van der Waals surface area (Å²) < 4.78 is 0. The standard InChI is InChI=1S/C13H4Cl6O/c14-5-1-7(16)11(8(17)2-5)13(20)12-9(18)3-6(15)4-10(12)19/h1-4H. The molecule has 0 N–H and O–H groups in total. The van der Waals surface area contributed by atoms with E-state index in [1.165, 1.54) is 24.3 Å². The summed E-state index contributed by atoms with van der Waals surface area (Å²) in [7, 11) is 0. The normalized spacial score (nSPS) is 10.7. The van der Waals surface area contributed by atoms with Crippen LogP contribution < -0.4 is 0 Å². The van der Waals surface area contributed by atoms with Gasteiger partial charge in [-0.15, -0.1) is 0 Å². The van der Waals surface area contributed by atoms with Crippen LogP contribution in [0.25, 0.3) is 0 Å². The first kappa shape index (κ1) is 16.2. The molecule has 2 aromatic carbocycles. The Bertz CT molecular complexity index is 604. The molecule has 0 atom stereocenters. The molecule has 7 heteroatoms. The molecule has 0 aromatic heterocycles. The third-order valence-electron chi connectivity index (χ3n) is 2.47. The number of hydrogen-bond acceptors (Lipinski definition) is 1. The number of carbonyl (C=O) groups excluding carboxylic acids is 1. The van der Waals surface area contributed by atoms with Crippen molar-refractivity contribution in [2.75, 3.05) is 0 Å². The Morgan fingerprint density at radius 2 is 0.850 bits per heavy atom. The van der Waals surface area contributed by atoms with Crippen LogP contribution >= 0.6 is 69.6 Å². The molecule has 0 heterocycles. The molecule has 0 aliphatic rings. The van der Waals surface area contributed by atoms with Crippen LogP contribution in [0.5, 0.6) is 0 Å². The van der Waals surface area contributed by atoms with Gasteiger partial charge in [-0.1, -0.05) is 69.6 Å². The topological polar surface area (TPSA) is 17.1 Å². The lowest BCUT2D eigenvalue weighted by atomic mass is 10.0. The van der Waals surface area contributed by atoms with Gasteiger partial charge in [-0.05, 0) is 24.3 Å². The van der Waals surface area contributed by atoms with Gasteiger partial charge in [0.15, 0.2) is 5.78 Å². The number of halogens is 6. The van der Waals surface area contributed by atoms with Crippen molar-refractivity contribution in [1.29, 1.82) is 0 Å². The van der Waals surface area contributed by atoms with E-state index in [9.17, 15) is 4.79 Å². The summed E-state index contributed by atoms with van der Waals surface area (Å²) in [6.45, 7) is 0. The molecule has 0 saturated carbocycles. The van der Waals surface area contributed by atoms with Crippen LogP contribution in [0.1, 0.15) is 15.9 Å². The molecule has 0 saturated heterocycles. The SMILES string of the molecule is O=C(c1c(Cl)cc(Cl)cc1Cl)c1c(Cl)cc(Cl)cc1Cl. The predicted molar refractivity (Wildman–Crippen MR) is 86.4 cm³/mol. The number of hydrogen-bond donors (Lipinski definition) is 0.